The zero-order valence-electron chi connectivity index (χ0n) is 10.7. The second-order valence-corrected chi connectivity index (χ2v) is 4.80. The van der Waals surface area contributed by atoms with Gasteiger partial charge >= 0.3 is 5.97 Å². The van der Waals surface area contributed by atoms with Gasteiger partial charge in [-0.2, -0.15) is 0 Å². The van der Waals surface area contributed by atoms with E-state index in [2.05, 4.69) is 22.3 Å². The first-order valence-corrected chi connectivity index (χ1v) is 6.51. The molecule has 1 aromatic rings. The Hall–Kier alpha value is -1.71. The van der Waals surface area contributed by atoms with Crippen LogP contribution in [0.3, 0.4) is 0 Å². The Morgan fingerprint density at radius 3 is 2.39 bits per heavy atom. The van der Waals surface area contributed by atoms with E-state index in [0.717, 1.165) is 18.8 Å². The average molecular weight is 248 g/mol. The number of nitrogens with one attached hydrogen (secondary N) is 1. The highest BCUT2D eigenvalue weighted by atomic mass is 16.4. The van der Waals surface area contributed by atoms with Gasteiger partial charge in [-0.25, -0.2) is 0 Å². The number of piperidine rings is 1. The fourth-order valence-electron chi connectivity index (χ4n) is 2.23. The van der Waals surface area contributed by atoms with Crippen molar-refractivity contribution in [2.75, 3.05) is 23.3 Å². The number of nitrogens with zero attached hydrogens (tertiary/aromatic N) is 1. The zero-order valence-corrected chi connectivity index (χ0v) is 10.7. The predicted octanol–water partition coefficient (Wildman–Crippen LogP) is 2.56. The van der Waals surface area contributed by atoms with Gasteiger partial charge in [0.2, 0.25) is 0 Å². The summed E-state index contributed by atoms with van der Waals surface area (Å²) in [6, 6.07) is 7.45. The van der Waals surface area contributed by atoms with E-state index in [9.17, 15) is 4.79 Å². The summed E-state index contributed by atoms with van der Waals surface area (Å²) in [5.41, 5.74) is 2.08. The summed E-state index contributed by atoms with van der Waals surface area (Å²) in [7, 11) is 0. The lowest BCUT2D eigenvalue weighted by molar-refractivity contribution is -0.137. The number of carboxylic acids is 1. The largest absolute Gasteiger partial charge is 0.480 e. The number of anilines is 2. The Labute approximate surface area is 108 Å². The summed E-state index contributed by atoms with van der Waals surface area (Å²) in [5.74, 6) is -0.838. The number of carbonyl (C=O) groups is 1. The van der Waals surface area contributed by atoms with Crippen molar-refractivity contribution in [1.29, 1.82) is 0 Å². The third kappa shape index (κ3) is 3.15. The highest BCUT2D eigenvalue weighted by Crippen LogP contribution is 2.22. The first kappa shape index (κ1) is 12.7. The molecular weight excluding hydrogens is 228 g/mol. The first-order chi connectivity index (χ1) is 8.66. The Morgan fingerprint density at radius 1 is 1.22 bits per heavy atom. The van der Waals surface area contributed by atoms with Crippen molar-refractivity contribution in [3.63, 3.8) is 0 Å². The van der Waals surface area contributed by atoms with E-state index < -0.39 is 12.0 Å². The predicted molar refractivity (Wildman–Crippen MR) is 73.2 cm³/mol. The van der Waals surface area contributed by atoms with Gasteiger partial charge < -0.3 is 15.3 Å². The van der Waals surface area contributed by atoms with E-state index in [4.69, 9.17) is 5.11 Å². The molecular formula is C14H20N2O2. The topological polar surface area (TPSA) is 52.6 Å². The smallest absolute Gasteiger partial charge is 0.325 e. The van der Waals surface area contributed by atoms with Crippen LogP contribution in [-0.4, -0.2) is 30.2 Å². The van der Waals surface area contributed by atoms with Gasteiger partial charge in [0.1, 0.15) is 6.04 Å². The highest BCUT2D eigenvalue weighted by molar-refractivity contribution is 5.76. The Kier molecular flexibility index (Phi) is 4.07. The van der Waals surface area contributed by atoms with Crippen LogP contribution in [0.1, 0.15) is 26.2 Å². The van der Waals surface area contributed by atoms with Crippen LogP contribution in [0, 0.1) is 0 Å². The van der Waals surface area contributed by atoms with E-state index in [-0.39, 0.29) is 0 Å². The average Bonchev–Trinajstić information content (AvgIpc) is 2.40. The molecule has 1 saturated heterocycles. The number of hydrogen-bond donors (Lipinski definition) is 2. The van der Waals surface area contributed by atoms with Crippen molar-refractivity contribution in [3.05, 3.63) is 24.3 Å². The first-order valence-electron chi connectivity index (χ1n) is 6.51. The molecule has 18 heavy (non-hydrogen) atoms. The summed E-state index contributed by atoms with van der Waals surface area (Å²) in [6.45, 7) is 3.89. The molecule has 0 aromatic heterocycles. The number of carboxylic acid groups (broad SMARTS) is 1. The molecule has 0 aliphatic carbocycles. The molecule has 4 nitrogen and oxygen atoms in total. The molecule has 1 fully saturated rings. The van der Waals surface area contributed by atoms with Crippen LogP contribution in [0.2, 0.25) is 0 Å². The van der Waals surface area contributed by atoms with Gasteiger partial charge in [0.15, 0.2) is 0 Å². The standard InChI is InChI=1S/C14H20N2O2/c1-11(14(17)18)15-12-5-7-13(8-6-12)16-9-3-2-4-10-16/h5-8,11,15H,2-4,9-10H2,1H3,(H,17,18). The van der Waals surface area contributed by atoms with E-state index in [0.29, 0.717) is 0 Å². The molecule has 0 spiro atoms. The second-order valence-electron chi connectivity index (χ2n) is 4.80. The van der Waals surface area contributed by atoms with Gasteiger partial charge in [-0.1, -0.05) is 0 Å². The van der Waals surface area contributed by atoms with E-state index in [1.165, 1.54) is 24.9 Å². The monoisotopic (exact) mass is 248 g/mol. The fraction of sp³-hybridized carbons (Fsp3) is 0.500. The molecule has 1 aliphatic heterocycles. The Bertz CT molecular complexity index is 397. The van der Waals surface area contributed by atoms with Crippen LogP contribution in [0.5, 0.6) is 0 Å². The van der Waals surface area contributed by atoms with Crippen molar-refractivity contribution in [2.24, 2.45) is 0 Å². The Balaban J connectivity index is 1.98. The molecule has 0 radical (unpaired) electrons. The maximum Gasteiger partial charge on any atom is 0.325 e. The summed E-state index contributed by atoms with van der Waals surface area (Å²) >= 11 is 0. The van der Waals surface area contributed by atoms with Crippen molar-refractivity contribution >= 4 is 17.3 Å². The van der Waals surface area contributed by atoms with Crippen LogP contribution in [0.25, 0.3) is 0 Å². The molecule has 0 amide bonds. The fourth-order valence-corrected chi connectivity index (χ4v) is 2.23. The van der Waals surface area contributed by atoms with E-state index >= 15 is 0 Å². The van der Waals surface area contributed by atoms with Crippen molar-refractivity contribution < 1.29 is 9.90 Å². The van der Waals surface area contributed by atoms with Crippen LogP contribution in [0.15, 0.2) is 24.3 Å². The van der Waals surface area contributed by atoms with Crippen molar-refractivity contribution in [3.8, 4) is 0 Å². The molecule has 1 heterocycles. The molecule has 0 saturated carbocycles. The normalized spacial score (nSPS) is 17.3. The molecule has 4 heteroatoms. The van der Waals surface area contributed by atoms with Gasteiger partial charge in [-0.05, 0) is 50.5 Å². The quantitative estimate of drug-likeness (QED) is 0.860. The van der Waals surface area contributed by atoms with E-state index in [1.54, 1.807) is 6.92 Å². The number of rotatable bonds is 4. The molecule has 2 N–H and O–H groups in total. The summed E-state index contributed by atoms with van der Waals surface area (Å²) in [6.07, 6.45) is 3.85. The summed E-state index contributed by atoms with van der Waals surface area (Å²) in [4.78, 5) is 13.1. The molecule has 1 aromatic carbocycles. The zero-order chi connectivity index (χ0) is 13.0. The SMILES string of the molecule is CC(Nc1ccc(N2CCCCC2)cc1)C(=O)O. The molecule has 2 rings (SSSR count). The lowest BCUT2D eigenvalue weighted by Crippen LogP contribution is -2.29. The minimum Gasteiger partial charge on any atom is -0.480 e. The van der Waals surface area contributed by atoms with Crippen LogP contribution in [0.4, 0.5) is 11.4 Å². The van der Waals surface area contributed by atoms with Gasteiger partial charge in [0, 0.05) is 24.5 Å². The van der Waals surface area contributed by atoms with Crippen LogP contribution in [-0.2, 0) is 4.79 Å². The summed E-state index contributed by atoms with van der Waals surface area (Å²) < 4.78 is 0. The second kappa shape index (κ2) is 5.76. The van der Waals surface area contributed by atoms with Crippen molar-refractivity contribution in [2.45, 2.75) is 32.2 Å². The van der Waals surface area contributed by atoms with Crippen LogP contribution >= 0.6 is 0 Å². The van der Waals surface area contributed by atoms with Gasteiger partial charge in [0.25, 0.3) is 0 Å². The third-order valence-corrected chi connectivity index (χ3v) is 3.34. The molecule has 98 valence electrons. The van der Waals surface area contributed by atoms with Gasteiger partial charge in [-0.15, -0.1) is 0 Å². The van der Waals surface area contributed by atoms with Crippen molar-refractivity contribution in [1.82, 2.24) is 0 Å². The minimum absolute atomic E-state index is 0.564. The third-order valence-electron chi connectivity index (χ3n) is 3.34. The molecule has 1 atom stereocenters. The lowest BCUT2D eigenvalue weighted by Gasteiger charge is -2.29. The maximum absolute atomic E-state index is 10.7. The molecule has 1 aliphatic rings. The van der Waals surface area contributed by atoms with Gasteiger partial charge in [0.05, 0.1) is 0 Å². The minimum atomic E-state index is -0.838. The van der Waals surface area contributed by atoms with Crippen LogP contribution < -0.4 is 10.2 Å². The molecule has 0 bridgehead atoms. The maximum atomic E-state index is 10.7. The Morgan fingerprint density at radius 2 is 1.83 bits per heavy atom. The number of benzene rings is 1. The summed E-state index contributed by atoms with van der Waals surface area (Å²) in [5, 5.41) is 11.8. The van der Waals surface area contributed by atoms with Gasteiger partial charge in [-0.3, -0.25) is 4.79 Å². The number of hydrogen-bond acceptors (Lipinski definition) is 3. The highest BCUT2D eigenvalue weighted by Gasteiger charge is 2.12. The lowest BCUT2D eigenvalue weighted by atomic mass is 10.1. The van der Waals surface area contributed by atoms with E-state index in [1.807, 2.05) is 12.1 Å². The molecule has 1 unspecified atom stereocenters. The number of aliphatic carboxylic acids is 1.